The summed E-state index contributed by atoms with van der Waals surface area (Å²) in [5.74, 6) is 0.491. The zero-order valence-corrected chi connectivity index (χ0v) is 26.0. The molecule has 2 aromatic rings. The van der Waals surface area contributed by atoms with E-state index in [1.165, 1.54) is 0 Å². The molecule has 2 aliphatic rings. The van der Waals surface area contributed by atoms with E-state index in [1.807, 2.05) is 38.1 Å². The molecule has 2 aromatic carbocycles. The summed E-state index contributed by atoms with van der Waals surface area (Å²) in [6.07, 6.45) is 1.53. The molecule has 1 heterocycles. The van der Waals surface area contributed by atoms with Gasteiger partial charge in [0.15, 0.2) is 5.78 Å². The van der Waals surface area contributed by atoms with E-state index in [0.29, 0.717) is 18.4 Å². The van der Waals surface area contributed by atoms with E-state index in [0.717, 1.165) is 77.1 Å². The molecule has 0 fully saturated rings. The molecule has 0 aromatic heterocycles. The second kappa shape index (κ2) is 14.3. The number of fused-ring (bicyclic) bond motifs is 2. The first-order valence-corrected chi connectivity index (χ1v) is 15.5. The third-order valence-electron chi connectivity index (χ3n) is 8.25. The van der Waals surface area contributed by atoms with Crippen LogP contribution in [0.15, 0.2) is 65.1 Å². The minimum atomic E-state index is -0.204. The Balaban J connectivity index is 1.83. The summed E-state index contributed by atoms with van der Waals surface area (Å²) in [7, 11) is 0. The van der Waals surface area contributed by atoms with Crippen LogP contribution in [0.3, 0.4) is 0 Å². The highest BCUT2D eigenvalue weighted by atomic mass is 16.5. The highest BCUT2D eigenvalue weighted by Gasteiger charge is 2.23. The Kier molecular flexibility index (Phi) is 10.6. The van der Waals surface area contributed by atoms with Gasteiger partial charge in [-0.1, -0.05) is 38.1 Å². The van der Waals surface area contributed by atoms with E-state index in [9.17, 15) is 9.59 Å². The van der Waals surface area contributed by atoms with Gasteiger partial charge in [-0.15, -0.1) is 0 Å². The molecule has 4 rings (SSSR count). The van der Waals surface area contributed by atoms with Crippen LogP contribution in [0.2, 0.25) is 0 Å². The van der Waals surface area contributed by atoms with Crippen molar-refractivity contribution in [1.82, 2.24) is 4.58 Å². The van der Waals surface area contributed by atoms with Crippen LogP contribution in [-0.2, 0) is 9.53 Å². The Morgan fingerprint density at radius 1 is 0.905 bits per heavy atom. The van der Waals surface area contributed by atoms with Gasteiger partial charge >= 0.3 is 5.97 Å². The van der Waals surface area contributed by atoms with Crippen LogP contribution in [0.1, 0.15) is 71.2 Å². The summed E-state index contributed by atoms with van der Waals surface area (Å²) in [4.78, 5) is 28.0. The summed E-state index contributed by atoms with van der Waals surface area (Å²) >= 11 is 0. The summed E-state index contributed by atoms with van der Waals surface area (Å²) in [6, 6.07) is 20.6. The average Bonchev–Trinajstić information content (AvgIpc) is 3.02. The molecular formula is C36H45N2O4+. The molecule has 1 unspecified atom stereocenters. The van der Waals surface area contributed by atoms with Crippen LogP contribution in [0, 0.1) is 5.92 Å². The van der Waals surface area contributed by atoms with Crippen LogP contribution in [0.25, 0.3) is 33.4 Å². The van der Waals surface area contributed by atoms with Crippen LogP contribution in [0.5, 0.6) is 0 Å². The predicted molar refractivity (Wildman–Crippen MR) is 172 cm³/mol. The van der Waals surface area contributed by atoms with E-state index < -0.39 is 0 Å². The van der Waals surface area contributed by atoms with Crippen molar-refractivity contribution in [3.8, 4) is 22.5 Å². The van der Waals surface area contributed by atoms with Gasteiger partial charge in [-0.2, -0.15) is 0 Å². The van der Waals surface area contributed by atoms with Gasteiger partial charge in [-0.25, -0.2) is 4.58 Å². The molecule has 1 aliphatic heterocycles. The topological polar surface area (TPSA) is 62.8 Å². The van der Waals surface area contributed by atoms with Crippen LogP contribution in [0.4, 0.5) is 5.69 Å². The maximum Gasteiger partial charge on any atom is 0.308 e. The molecule has 1 aliphatic carbocycles. The lowest BCUT2D eigenvalue weighted by Crippen LogP contribution is -2.29. The van der Waals surface area contributed by atoms with Crippen molar-refractivity contribution < 1.29 is 18.7 Å². The Morgan fingerprint density at radius 3 is 2.33 bits per heavy atom. The first-order chi connectivity index (χ1) is 20.4. The zero-order valence-electron chi connectivity index (χ0n) is 26.0. The maximum absolute atomic E-state index is 13.6. The molecule has 222 valence electrons. The van der Waals surface area contributed by atoms with Gasteiger partial charge in [-0.05, 0) is 64.3 Å². The second-order valence-electron chi connectivity index (χ2n) is 10.7. The van der Waals surface area contributed by atoms with Crippen LogP contribution >= 0.6 is 0 Å². The molecule has 0 radical (unpaired) electrons. The Morgan fingerprint density at radius 2 is 1.64 bits per heavy atom. The minimum absolute atomic E-state index is 0.0341. The highest BCUT2D eigenvalue weighted by Crippen LogP contribution is 2.42. The van der Waals surface area contributed by atoms with Crippen molar-refractivity contribution >= 4 is 28.4 Å². The molecule has 1 atom stereocenters. The van der Waals surface area contributed by atoms with E-state index in [2.05, 4.69) is 73.6 Å². The van der Waals surface area contributed by atoms with Crippen molar-refractivity contribution in [1.29, 1.82) is 0 Å². The fourth-order valence-corrected chi connectivity index (χ4v) is 5.52. The van der Waals surface area contributed by atoms with Gasteiger partial charge in [0.25, 0.3) is 0 Å². The van der Waals surface area contributed by atoms with Gasteiger partial charge in [0.2, 0.25) is 5.36 Å². The van der Waals surface area contributed by atoms with Crippen molar-refractivity contribution in [2.75, 3.05) is 37.7 Å². The lowest BCUT2D eigenvalue weighted by atomic mass is 9.89. The van der Waals surface area contributed by atoms with E-state index >= 15 is 0 Å². The monoisotopic (exact) mass is 569 g/mol. The number of hydrogen-bond donors (Lipinski definition) is 0. The molecule has 6 heteroatoms. The van der Waals surface area contributed by atoms with Crippen molar-refractivity contribution in [3.05, 3.63) is 71.6 Å². The number of carbonyl (C=O) groups is 2. The van der Waals surface area contributed by atoms with E-state index in [1.54, 1.807) is 0 Å². The number of nitrogens with zero attached hydrogens (tertiary/aromatic N) is 2. The van der Waals surface area contributed by atoms with Crippen molar-refractivity contribution in [2.24, 2.45) is 5.92 Å². The molecule has 0 amide bonds. The Bertz CT molecular complexity index is 1580. The zero-order chi connectivity index (χ0) is 30.2. The van der Waals surface area contributed by atoms with Crippen molar-refractivity contribution in [2.45, 2.75) is 60.8 Å². The normalized spacial score (nSPS) is 12.0. The fourth-order valence-electron chi connectivity index (χ4n) is 5.52. The predicted octanol–water partition coefficient (Wildman–Crippen LogP) is 7.42. The number of ether oxygens (including phenoxy) is 1. The SMILES string of the molecule is CCC(C)C(=O)OCCCC(=O)c1ccccc1-c1c2ccc(=[N+](CC)CC)cc-2oc2cc(N(CC)CC)ccc12. The first kappa shape index (κ1) is 31.0. The van der Waals surface area contributed by atoms with Crippen molar-refractivity contribution in [3.63, 3.8) is 0 Å². The number of hydrogen-bond acceptors (Lipinski definition) is 5. The molecule has 42 heavy (non-hydrogen) atoms. The summed E-state index contributed by atoms with van der Waals surface area (Å²) < 4.78 is 14.3. The summed E-state index contributed by atoms with van der Waals surface area (Å²) in [6.45, 7) is 16.3. The third kappa shape index (κ3) is 6.59. The van der Waals surface area contributed by atoms with E-state index in [4.69, 9.17) is 9.15 Å². The molecule has 0 saturated carbocycles. The number of ketones is 1. The quantitative estimate of drug-likeness (QED) is 0.0551. The molecule has 6 nitrogen and oxygen atoms in total. The van der Waals surface area contributed by atoms with Crippen LogP contribution < -0.4 is 14.8 Å². The third-order valence-corrected chi connectivity index (χ3v) is 8.25. The molecular weight excluding hydrogens is 524 g/mol. The number of Topliss-reactive ketones (excluding diaryl/α,β-unsaturated/α-hetero) is 1. The number of anilines is 1. The number of esters is 1. The molecule has 0 saturated heterocycles. The van der Waals surface area contributed by atoms with E-state index in [-0.39, 0.29) is 24.3 Å². The largest absolute Gasteiger partial charge is 0.465 e. The lowest BCUT2D eigenvalue weighted by molar-refractivity contribution is -0.148. The fraction of sp³-hybridized carbons (Fsp3) is 0.417. The second-order valence-corrected chi connectivity index (χ2v) is 10.7. The first-order valence-electron chi connectivity index (χ1n) is 15.5. The standard InChI is InChI=1S/C36H45N2O4/c1-7-25(6)36(40)41-22-14-17-32(39)28-15-12-13-16-29(28)35-30-20-18-26(37(8-2)9-3)23-33(30)42-34-24-27(19-21-31(34)35)38(10-4)11-5/h12-13,15-16,18-21,23-25H,7-11,14,17,22H2,1-6H3/q+1. The van der Waals surface area contributed by atoms with Crippen LogP contribution in [-0.4, -0.2) is 44.5 Å². The number of rotatable bonds is 13. The average molecular weight is 570 g/mol. The van der Waals surface area contributed by atoms with Gasteiger partial charge in [0.05, 0.1) is 18.6 Å². The Labute approximate surface area is 250 Å². The summed E-state index contributed by atoms with van der Waals surface area (Å²) in [5.41, 5.74) is 5.42. The highest BCUT2D eigenvalue weighted by molar-refractivity contribution is 6.10. The number of benzene rings is 3. The summed E-state index contributed by atoms with van der Waals surface area (Å²) in [5, 5.41) is 2.08. The smallest absolute Gasteiger partial charge is 0.308 e. The maximum atomic E-state index is 13.6. The van der Waals surface area contributed by atoms with Gasteiger partial charge < -0.3 is 14.1 Å². The van der Waals surface area contributed by atoms with Gasteiger partial charge in [-0.3, -0.25) is 9.59 Å². The number of carbonyl (C=O) groups excluding carboxylic acids is 2. The minimum Gasteiger partial charge on any atom is -0.465 e. The molecule has 0 N–H and O–H groups in total. The lowest BCUT2D eigenvalue weighted by Gasteiger charge is -2.22. The Hall–Kier alpha value is -3.93. The van der Waals surface area contributed by atoms with Gasteiger partial charge in [0, 0.05) is 59.4 Å². The molecule has 0 spiro atoms. The molecule has 0 bridgehead atoms. The van der Waals surface area contributed by atoms with Gasteiger partial charge in [0.1, 0.15) is 24.4 Å².